The van der Waals surface area contributed by atoms with Crippen molar-refractivity contribution < 1.29 is 9.53 Å². The van der Waals surface area contributed by atoms with Crippen LogP contribution in [0.5, 0.6) is 5.75 Å². The number of carbonyl (C=O) groups is 1. The molecule has 0 atom stereocenters. The van der Waals surface area contributed by atoms with E-state index in [2.05, 4.69) is 152 Å². The lowest BCUT2D eigenvalue weighted by atomic mass is 9.90. The third-order valence-electron chi connectivity index (χ3n) is 10.0. The highest BCUT2D eigenvalue weighted by molar-refractivity contribution is 5.99. The zero-order valence-corrected chi connectivity index (χ0v) is 30.5. The first-order chi connectivity index (χ1) is 26.5. The van der Waals surface area contributed by atoms with Crippen molar-refractivity contribution >= 4 is 33.8 Å². The molecule has 8 aromatic rings. The Labute approximate surface area is 317 Å². The largest absolute Gasteiger partial charge is 0.423 e. The molecule has 0 amide bonds. The van der Waals surface area contributed by atoms with Crippen LogP contribution in [-0.2, 0) is 6.42 Å². The molecular weight excluding hydrogens is 659 g/mol. The van der Waals surface area contributed by atoms with Crippen LogP contribution in [0.4, 0.5) is 17.1 Å². The summed E-state index contributed by atoms with van der Waals surface area (Å²) in [6.45, 7) is 4.43. The third-order valence-corrected chi connectivity index (χ3v) is 10.0. The fraction of sp³-hybridized carbons (Fsp3) is 0.0784. The van der Waals surface area contributed by atoms with Gasteiger partial charge in [-0.3, -0.25) is 0 Å². The van der Waals surface area contributed by atoms with E-state index in [1.54, 1.807) is 0 Å². The molecule has 8 rings (SSSR count). The molecule has 0 unspecified atom stereocenters. The normalized spacial score (nSPS) is 11.1. The lowest BCUT2D eigenvalue weighted by molar-refractivity contribution is 0.0735. The number of esters is 1. The second-order valence-corrected chi connectivity index (χ2v) is 13.9. The molecule has 54 heavy (non-hydrogen) atoms. The highest BCUT2D eigenvalue weighted by atomic mass is 16.5. The average molecular weight is 700 g/mol. The van der Waals surface area contributed by atoms with Gasteiger partial charge in [-0.05, 0) is 111 Å². The van der Waals surface area contributed by atoms with Gasteiger partial charge < -0.3 is 9.64 Å². The molecule has 262 valence electrons. The molecule has 0 aliphatic carbocycles. The average Bonchev–Trinajstić information content (AvgIpc) is 3.22. The fourth-order valence-electron chi connectivity index (χ4n) is 7.07. The second kappa shape index (κ2) is 15.5. The fourth-order valence-corrected chi connectivity index (χ4v) is 7.07. The highest BCUT2D eigenvalue weighted by Crippen LogP contribution is 2.39. The van der Waals surface area contributed by atoms with Gasteiger partial charge in [-0.15, -0.1) is 0 Å². The van der Waals surface area contributed by atoms with Gasteiger partial charge in [-0.2, -0.15) is 0 Å². The number of ether oxygens (including phenoxy) is 1. The molecule has 0 aliphatic rings. The number of hydrogen-bond acceptors (Lipinski definition) is 3. The lowest BCUT2D eigenvalue weighted by Crippen LogP contribution is -2.10. The van der Waals surface area contributed by atoms with Gasteiger partial charge in [0, 0.05) is 16.8 Å². The Balaban J connectivity index is 0.985. The van der Waals surface area contributed by atoms with Crippen molar-refractivity contribution in [1.29, 1.82) is 0 Å². The minimum Gasteiger partial charge on any atom is -0.423 e. The molecule has 3 heteroatoms. The van der Waals surface area contributed by atoms with Gasteiger partial charge in [0.05, 0.1) is 11.3 Å². The first kappa shape index (κ1) is 34.4. The minimum absolute atomic E-state index is 0.384. The topological polar surface area (TPSA) is 29.5 Å². The van der Waals surface area contributed by atoms with E-state index in [9.17, 15) is 4.79 Å². The number of nitrogens with zero attached hydrogens (tertiary/aromatic N) is 1. The first-order valence-corrected chi connectivity index (χ1v) is 18.5. The van der Waals surface area contributed by atoms with Crippen LogP contribution in [0, 0.1) is 0 Å². The molecule has 0 radical (unpaired) electrons. The number of para-hydroxylation sites is 1. The molecule has 0 N–H and O–H groups in total. The maximum Gasteiger partial charge on any atom is 0.343 e. The SMILES string of the molecule is CC(C)c1ccc(Cc2ccccc2)c(-c2ccc(OC(=O)c3ccc(-c4ccc(N(c5ccccc5)c5cccc6ccccc56)cc4)cc3)cc2)c1. The van der Waals surface area contributed by atoms with E-state index in [1.165, 1.54) is 33.0 Å². The van der Waals surface area contributed by atoms with Crippen LogP contribution < -0.4 is 9.64 Å². The number of carbonyl (C=O) groups excluding carboxylic acids is 1. The van der Waals surface area contributed by atoms with Gasteiger partial charge in [-0.1, -0.05) is 153 Å². The van der Waals surface area contributed by atoms with Crippen LogP contribution in [-0.4, -0.2) is 5.97 Å². The van der Waals surface area contributed by atoms with Crippen LogP contribution in [0.3, 0.4) is 0 Å². The summed E-state index contributed by atoms with van der Waals surface area (Å²) in [7, 11) is 0. The first-order valence-electron chi connectivity index (χ1n) is 18.5. The number of rotatable bonds is 10. The van der Waals surface area contributed by atoms with Gasteiger partial charge >= 0.3 is 5.97 Å². The summed E-state index contributed by atoms with van der Waals surface area (Å²) in [4.78, 5) is 15.5. The standard InChI is InChI=1S/C51H41NO2/c1-36(2)43-24-25-44(34-37-12-5-3-6-13-37)49(35-43)41-28-32-47(33-29-41)54-51(53)42-22-20-38(21-23-42)39-26-30-46(31-27-39)52(45-16-7-4-8-17-45)50-19-11-15-40-14-9-10-18-48(40)50/h3-33,35-36H,34H2,1-2H3. The summed E-state index contributed by atoms with van der Waals surface area (Å²) in [5.74, 6) is 0.554. The Hall–Kier alpha value is -6.71. The van der Waals surface area contributed by atoms with E-state index in [1.807, 2.05) is 60.7 Å². The molecule has 0 fully saturated rings. The summed E-state index contributed by atoms with van der Waals surface area (Å²) in [6, 6.07) is 66.7. The quantitative estimate of drug-likeness (QED) is 0.105. The summed E-state index contributed by atoms with van der Waals surface area (Å²) in [5.41, 5.74) is 12.0. The Morgan fingerprint density at radius 3 is 1.85 bits per heavy atom. The zero-order valence-electron chi connectivity index (χ0n) is 30.5. The molecule has 3 nitrogen and oxygen atoms in total. The zero-order chi connectivity index (χ0) is 36.9. The molecule has 0 aromatic heterocycles. The Kier molecular flexibility index (Phi) is 9.86. The number of benzene rings is 8. The van der Waals surface area contributed by atoms with Gasteiger partial charge in [0.2, 0.25) is 0 Å². The summed E-state index contributed by atoms with van der Waals surface area (Å²) in [6.07, 6.45) is 0.850. The predicted octanol–water partition coefficient (Wildman–Crippen LogP) is 13.6. The molecular formula is C51H41NO2. The maximum absolute atomic E-state index is 13.2. The van der Waals surface area contributed by atoms with Crippen molar-refractivity contribution in [2.24, 2.45) is 0 Å². The van der Waals surface area contributed by atoms with E-state index in [4.69, 9.17) is 4.74 Å². The van der Waals surface area contributed by atoms with Crippen LogP contribution in [0.1, 0.15) is 46.8 Å². The van der Waals surface area contributed by atoms with Crippen molar-refractivity contribution in [2.75, 3.05) is 4.90 Å². The monoisotopic (exact) mass is 699 g/mol. The van der Waals surface area contributed by atoms with Gasteiger partial charge in [0.1, 0.15) is 5.75 Å². The molecule has 0 heterocycles. The number of fused-ring (bicyclic) bond motifs is 1. The van der Waals surface area contributed by atoms with E-state index in [0.717, 1.165) is 40.2 Å². The van der Waals surface area contributed by atoms with Crippen LogP contribution in [0.25, 0.3) is 33.0 Å². The molecule has 0 spiro atoms. The number of hydrogen-bond donors (Lipinski definition) is 0. The van der Waals surface area contributed by atoms with Crippen molar-refractivity contribution in [1.82, 2.24) is 0 Å². The van der Waals surface area contributed by atoms with Gasteiger partial charge in [0.15, 0.2) is 0 Å². The summed E-state index contributed by atoms with van der Waals surface area (Å²) >= 11 is 0. The molecule has 0 aliphatic heterocycles. The second-order valence-electron chi connectivity index (χ2n) is 13.9. The summed E-state index contributed by atoms with van der Waals surface area (Å²) in [5, 5.41) is 2.39. The van der Waals surface area contributed by atoms with Crippen molar-refractivity contribution in [3.8, 4) is 28.0 Å². The third kappa shape index (κ3) is 7.44. The van der Waals surface area contributed by atoms with Crippen LogP contribution in [0.15, 0.2) is 194 Å². The van der Waals surface area contributed by atoms with Crippen molar-refractivity contribution in [3.63, 3.8) is 0 Å². The van der Waals surface area contributed by atoms with Crippen molar-refractivity contribution in [3.05, 3.63) is 216 Å². The smallest absolute Gasteiger partial charge is 0.343 e. The molecule has 8 aromatic carbocycles. The van der Waals surface area contributed by atoms with E-state index >= 15 is 0 Å². The van der Waals surface area contributed by atoms with Gasteiger partial charge in [0.25, 0.3) is 0 Å². The van der Waals surface area contributed by atoms with E-state index < -0.39 is 0 Å². The highest BCUT2D eigenvalue weighted by Gasteiger charge is 2.16. The lowest BCUT2D eigenvalue weighted by Gasteiger charge is -2.27. The van der Waals surface area contributed by atoms with E-state index in [-0.39, 0.29) is 5.97 Å². The van der Waals surface area contributed by atoms with E-state index in [0.29, 0.717) is 17.2 Å². The Morgan fingerprint density at radius 1 is 0.556 bits per heavy atom. The number of anilines is 3. The predicted molar refractivity (Wildman–Crippen MR) is 224 cm³/mol. The molecule has 0 saturated carbocycles. The van der Waals surface area contributed by atoms with Crippen LogP contribution in [0.2, 0.25) is 0 Å². The van der Waals surface area contributed by atoms with Crippen molar-refractivity contribution in [2.45, 2.75) is 26.2 Å². The molecule has 0 bridgehead atoms. The Morgan fingerprint density at radius 2 is 1.15 bits per heavy atom. The minimum atomic E-state index is -0.384. The summed E-state index contributed by atoms with van der Waals surface area (Å²) < 4.78 is 5.84. The van der Waals surface area contributed by atoms with Crippen LogP contribution >= 0.6 is 0 Å². The Bertz CT molecular complexity index is 2500. The molecule has 0 saturated heterocycles. The maximum atomic E-state index is 13.2. The van der Waals surface area contributed by atoms with Gasteiger partial charge in [-0.25, -0.2) is 4.79 Å².